The zero-order chi connectivity index (χ0) is 21.7. The van der Waals surface area contributed by atoms with Crippen molar-refractivity contribution in [2.75, 3.05) is 0 Å². The van der Waals surface area contributed by atoms with E-state index in [1.165, 1.54) is 19.1 Å². The van der Waals surface area contributed by atoms with Crippen LogP contribution in [-0.4, -0.2) is 13.6 Å². The van der Waals surface area contributed by atoms with E-state index in [4.69, 9.17) is 5.14 Å². The van der Waals surface area contributed by atoms with Crippen molar-refractivity contribution in [3.63, 3.8) is 0 Å². The number of benzene rings is 2. The van der Waals surface area contributed by atoms with Crippen molar-refractivity contribution in [1.29, 1.82) is 0 Å². The van der Waals surface area contributed by atoms with Crippen LogP contribution in [0.2, 0.25) is 0 Å². The molecule has 0 saturated heterocycles. The Bertz CT molecular complexity index is 1200. The summed E-state index contributed by atoms with van der Waals surface area (Å²) in [7, 11) is -4.82. The molecule has 0 spiro atoms. The highest BCUT2D eigenvalue weighted by Crippen LogP contribution is 2.43. The van der Waals surface area contributed by atoms with Crippen molar-refractivity contribution in [3.05, 3.63) is 59.1 Å². The molecule has 0 atom stereocenters. The lowest BCUT2D eigenvalue weighted by atomic mass is 9.98. The second kappa shape index (κ2) is 6.88. The Balaban J connectivity index is 2.34. The first kappa shape index (κ1) is 20.9. The van der Waals surface area contributed by atoms with Crippen LogP contribution >= 0.6 is 0 Å². The maximum atomic E-state index is 14.2. The monoisotopic (exact) mass is 436 g/mol. The molecule has 29 heavy (non-hydrogen) atoms. The molecule has 3 rings (SSSR count). The molecule has 1 heterocycles. The third kappa shape index (κ3) is 3.85. The molecule has 3 aromatic rings. The maximum absolute atomic E-state index is 14.2. The van der Waals surface area contributed by atoms with E-state index in [0.29, 0.717) is 12.1 Å². The molecule has 2 N–H and O–H groups in total. The van der Waals surface area contributed by atoms with Gasteiger partial charge in [0, 0.05) is 5.56 Å². The van der Waals surface area contributed by atoms with Gasteiger partial charge in [-0.3, -0.25) is 0 Å². The highest BCUT2D eigenvalue weighted by atomic mass is 32.2. The molecular weight excluding hydrogens is 426 g/mol. The smallest absolute Gasteiger partial charge is 0.350 e. The number of nitrogens with two attached hydrogens (primary N) is 1. The van der Waals surface area contributed by atoms with Gasteiger partial charge in [-0.2, -0.15) is 13.2 Å². The first-order valence-corrected chi connectivity index (χ1v) is 9.21. The van der Waals surface area contributed by atoms with Crippen LogP contribution in [0.15, 0.2) is 39.8 Å². The van der Waals surface area contributed by atoms with Gasteiger partial charge in [0.05, 0.1) is 5.56 Å². The molecule has 0 aliphatic heterocycles. The lowest BCUT2D eigenvalue weighted by Gasteiger charge is -2.10. The van der Waals surface area contributed by atoms with E-state index >= 15 is 0 Å². The number of aromatic nitrogens is 1. The molecule has 154 valence electrons. The lowest BCUT2D eigenvalue weighted by Crippen LogP contribution is -2.16. The van der Waals surface area contributed by atoms with Crippen molar-refractivity contribution < 1.29 is 39.3 Å². The maximum Gasteiger partial charge on any atom is 0.453 e. The highest BCUT2D eigenvalue weighted by Gasteiger charge is 2.41. The Morgan fingerprint density at radius 3 is 2.00 bits per heavy atom. The molecule has 0 amide bonds. The Labute approximate surface area is 159 Å². The quantitative estimate of drug-likeness (QED) is 0.617. The molecule has 0 aliphatic carbocycles. The van der Waals surface area contributed by atoms with E-state index in [-0.39, 0.29) is 11.1 Å². The van der Waals surface area contributed by atoms with E-state index in [0.717, 1.165) is 6.07 Å². The van der Waals surface area contributed by atoms with Crippen molar-refractivity contribution in [2.45, 2.75) is 18.0 Å². The van der Waals surface area contributed by atoms with Crippen molar-refractivity contribution in [1.82, 2.24) is 5.16 Å². The summed E-state index contributed by atoms with van der Waals surface area (Å²) >= 11 is 0. The predicted molar refractivity (Wildman–Crippen MR) is 88.4 cm³/mol. The molecule has 5 nitrogen and oxygen atoms in total. The van der Waals surface area contributed by atoms with Crippen molar-refractivity contribution in [3.8, 4) is 22.4 Å². The Hall–Kier alpha value is -2.86. The number of hydrogen-bond acceptors (Lipinski definition) is 4. The van der Waals surface area contributed by atoms with E-state index < -0.39 is 61.1 Å². The first-order chi connectivity index (χ1) is 13.3. The number of primary sulfonamides is 1. The zero-order valence-corrected chi connectivity index (χ0v) is 15.1. The van der Waals surface area contributed by atoms with Crippen LogP contribution in [0.4, 0.5) is 26.3 Å². The van der Waals surface area contributed by atoms with E-state index in [9.17, 15) is 34.8 Å². The summed E-state index contributed by atoms with van der Waals surface area (Å²) in [4.78, 5) is -1.51. The van der Waals surface area contributed by atoms with Crippen LogP contribution in [0.5, 0.6) is 0 Å². The molecule has 0 radical (unpaired) electrons. The number of sulfonamides is 1. The summed E-state index contributed by atoms with van der Waals surface area (Å²) in [6.45, 7) is 1.42. The number of alkyl halides is 3. The van der Waals surface area contributed by atoms with E-state index in [1.54, 1.807) is 0 Å². The molecule has 2 aromatic carbocycles. The van der Waals surface area contributed by atoms with Gasteiger partial charge in [-0.25, -0.2) is 26.7 Å². The molecule has 0 bridgehead atoms. The van der Waals surface area contributed by atoms with Gasteiger partial charge in [0.2, 0.25) is 15.8 Å². The first-order valence-electron chi connectivity index (χ1n) is 7.66. The minimum Gasteiger partial charge on any atom is -0.350 e. The van der Waals surface area contributed by atoms with Crippen LogP contribution in [0, 0.1) is 24.4 Å². The van der Waals surface area contributed by atoms with Gasteiger partial charge in [0.25, 0.3) is 0 Å². The Morgan fingerprint density at radius 1 is 0.966 bits per heavy atom. The third-order valence-corrected chi connectivity index (χ3v) is 4.93. The average molecular weight is 436 g/mol. The molecule has 0 aliphatic rings. The fraction of sp³-hybridized carbons (Fsp3) is 0.118. The third-order valence-electron chi connectivity index (χ3n) is 3.97. The van der Waals surface area contributed by atoms with Crippen LogP contribution in [-0.2, 0) is 16.2 Å². The van der Waals surface area contributed by atoms with Gasteiger partial charge in [-0.15, -0.1) is 0 Å². The van der Waals surface area contributed by atoms with Crippen LogP contribution < -0.4 is 5.14 Å². The molecular formula is C17H10F6N2O3S. The number of nitrogens with zero attached hydrogens (tertiary/aromatic N) is 1. The van der Waals surface area contributed by atoms with Crippen molar-refractivity contribution >= 4 is 10.0 Å². The van der Waals surface area contributed by atoms with Gasteiger partial charge in [-0.05, 0) is 36.2 Å². The molecule has 1 aromatic heterocycles. The van der Waals surface area contributed by atoms with Crippen LogP contribution in [0.1, 0.15) is 11.3 Å². The molecule has 12 heteroatoms. The van der Waals surface area contributed by atoms with Gasteiger partial charge in [0.1, 0.15) is 23.1 Å². The van der Waals surface area contributed by atoms with Crippen LogP contribution in [0.25, 0.3) is 22.4 Å². The van der Waals surface area contributed by atoms with Gasteiger partial charge >= 0.3 is 6.18 Å². The molecule has 0 unspecified atom stereocenters. The van der Waals surface area contributed by atoms with E-state index in [2.05, 4.69) is 9.68 Å². The second-order valence-corrected chi connectivity index (χ2v) is 7.51. The summed E-state index contributed by atoms with van der Waals surface area (Å²) in [6.07, 6.45) is -5.12. The van der Waals surface area contributed by atoms with Gasteiger partial charge < -0.3 is 4.52 Å². The number of aryl methyl sites for hydroxylation is 1. The Morgan fingerprint density at radius 2 is 1.52 bits per heavy atom. The van der Waals surface area contributed by atoms with E-state index in [1.807, 2.05) is 0 Å². The predicted octanol–water partition coefficient (Wildman–Crippen LogP) is 4.40. The number of hydrogen-bond donors (Lipinski definition) is 1. The zero-order valence-electron chi connectivity index (χ0n) is 14.3. The summed E-state index contributed by atoms with van der Waals surface area (Å²) < 4.78 is 109. The summed E-state index contributed by atoms with van der Waals surface area (Å²) in [6, 6.07) is 4.08. The Kier molecular flexibility index (Phi) is 4.95. The topological polar surface area (TPSA) is 86.2 Å². The molecule has 0 saturated carbocycles. The van der Waals surface area contributed by atoms with Crippen molar-refractivity contribution in [2.24, 2.45) is 5.14 Å². The van der Waals surface area contributed by atoms with Gasteiger partial charge in [-0.1, -0.05) is 17.3 Å². The molecule has 0 fully saturated rings. The summed E-state index contributed by atoms with van der Waals surface area (Å²) in [5.41, 5.74) is -2.11. The average Bonchev–Trinajstić information content (AvgIpc) is 3.00. The normalized spacial score (nSPS) is 12.4. The minimum atomic E-state index is -5.12. The minimum absolute atomic E-state index is 0.154. The summed E-state index contributed by atoms with van der Waals surface area (Å²) in [5, 5.41) is 8.00. The standard InChI is InChI=1S/C17H10F6N2O3S/c1-7-2-3-8(4-10(7)18)14-13(16(28-25-14)17(21,22)23)9-5-11(19)15(12(20)6-9)29(24,26)27/h2-6H,1H3,(H2,24,26,27). The number of rotatable bonds is 3. The number of halogens is 6. The second-order valence-electron chi connectivity index (χ2n) is 6.01. The largest absolute Gasteiger partial charge is 0.453 e. The highest BCUT2D eigenvalue weighted by molar-refractivity contribution is 7.89. The van der Waals surface area contributed by atoms with Crippen LogP contribution in [0.3, 0.4) is 0 Å². The fourth-order valence-corrected chi connectivity index (χ4v) is 3.33. The fourth-order valence-electron chi connectivity index (χ4n) is 2.66. The van der Waals surface area contributed by atoms with Gasteiger partial charge in [0.15, 0.2) is 4.90 Å². The summed E-state index contributed by atoms with van der Waals surface area (Å²) in [5.74, 6) is -5.88. The SMILES string of the molecule is Cc1ccc(-c2noc(C(F)(F)F)c2-c2cc(F)c(S(N)(=O)=O)c(F)c2)cc1F. The lowest BCUT2D eigenvalue weighted by molar-refractivity contribution is -0.154.